The molecule has 112 valence electrons. The molecule has 20 heavy (non-hydrogen) atoms. The lowest BCUT2D eigenvalue weighted by atomic mass is 10.4. The summed E-state index contributed by atoms with van der Waals surface area (Å²) in [5.74, 6) is 1.45. The maximum absolute atomic E-state index is 11.8. The van der Waals surface area contributed by atoms with Crippen LogP contribution >= 0.6 is 0 Å². The maximum Gasteiger partial charge on any atom is 0.360 e. The molecule has 1 fully saturated rings. The van der Waals surface area contributed by atoms with E-state index in [-0.39, 0.29) is 5.69 Å². The Labute approximate surface area is 119 Å². The van der Waals surface area contributed by atoms with E-state index < -0.39 is 5.97 Å². The van der Waals surface area contributed by atoms with Crippen LogP contribution in [0.15, 0.2) is 0 Å². The SMILES string of the molecule is CCOC(=O)c1nc(CC)n(CCOCC2CC2)c1N. The highest BCUT2D eigenvalue weighted by molar-refractivity contribution is 5.92. The summed E-state index contributed by atoms with van der Waals surface area (Å²) in [4.78, 5) is 16.0. The molecular weight excluding hydrogens is 258 g/mol. The van der Waals surface area contributed by atoms with E-state index in [1.165, 1.54) is 12.8 Å². The highest BCUT2D eigenvalue weighted by atomic mass is 16.5. The molecule has 0 aliphatic heterocycles. The van der Waals surface area contributed by atoms with Crippen LogP contribution in [-0.2, 0) is 22.4 Å². The first-order valence-corrected chi connectivity index (χ1v) is 7.27. The molecule has 0 aromatic carbocycles. The minimum absolute atomic E-state index is 0.214. The molecule has 0 bridgehead atoms. The van der Waals surface area contributed by atoms with Crippen molar-refractivity contribution in [1.82, 2.24) is 9.55 Å². The molecule has 1 aliphatic carbocycles. The Morgan fingerprint density at radius 2 is 2.20 bits per heavy atom. The van der Waals surface area contributed by atoms with Crippen LogP contribution in [0.2, 0.25) is 0 Å². The molecule has 0 spiro atoms. The monoisotopic (exact) mass is 281 g/mol. The van der Waals surface area contributed by atoms with Gasteiger partial charge in [0.25, 0.3) is 0 Å². The third kappa shape index (κ3) is 3.50. The predicted molar refractivity (Wildman–Crippen MR) is 75.5 cm³/mol. The number of aryl methyl sites for hydroxylation is 1. The van der Waals surface area contributed by atoms with Gasteiger partial charge < -0.3 is 19.8 Å². The Kier molecular flexibility index (Phi) is 5.00. The van der Waals surface area contributed by atoms with Crippen molar-refractivity contribution in [3.63, 3.8) is 0 Å². The third-order valence-corrected chi connectivity index (χ3v) is 3.38. The van der Waals surface area contributed by atoms with Gasteiger partial charge in [0.1, 0.15) is 11.6 Å². The Bertz CT molecular complexity index is 466. The number of carbonyl (C=O) groups is 1. The van der Waals surface area contributed by atoms with Crippen LogP contribution in [0.3, 0.4) is 0 Å². The van der Waals surface area contributed by atoms with Gasteiger partial charge in [-0.3, -0.25) is 0 Å². The van der Waals surface area contributed by atoms with E-state index in [2.05, 4.69) is 4.98 Å². The van der Waals surface area contributed by atoms with Crippen LogP contribution in [0, 0.1) is 5.92 Å². The number of imidazole rings is 1. The first kappa shape index (κ1) is 14.8. The van der Waals surface area contributed by atoms with Gasteiger partial charge in [-0.2, -0.15) is 0 Å². The Morgan fingerprint density at radius 1 is 1.45 bits per heavy atom. The molecule has 1 aromatic heterocycles. The molecule has 2 rings (SSSR count). The number of hydrogen-bond acceptors (Lipinski definition) is 5. The summed E-state index contributed by atoms with van der Waals surface area (Å²) in [6, 6.07) is 0. The van der Waals surface area contributed by atoms with Gasteiger partial charge in [0.2, 0.25) is 0 Å². The number of ether oxygens (including phenoxy) is 2. The number of esters is 1. The zero-order valence-corrected chi connectivity index (χ0v) is 12.2. The van der Waals surface area contributed by atoms with Gasteiger partial charge in [0.05, 0.1) is 13.2 Å². The van der Waals surface area contributed by atoms with Crippen molar-refractivity contribution in [2.75, 3.05) is 25.6 Å². The molecule has 0 saturated heterocycles. The van der Waals surface area contributed by atoms with Crippen LogP contribution in [0.1, 0.15) is 43.0 Å². The van der Waals surface area contributed by atoms with Crippen LogP contribution in [0.5, 0.6) is 0 Å². The van der Waals surface area contributed by atoms with E-state index in [1.807, 2.05) is 11.5 Å². The lowest BCUT2D eigenvalue weighted by Crippen LogP contribution is -2.13. The zero-order chi connectivity index (χ0) is 14.5. The summed E-state index contributed by atoms with van der Waals surface area (Å²) in [7, 11) is 0. The normalized spacial score (nSPS) is 14.5. The first-order chi connectivity index (χ1) is 9.67. The molecule has 6 nitrogen and oxygen atoms in total. The Balaban J connectivity index is 1.99. The van der Waals surface area contributed by atoms with Crippen molar-refractivity contribution >= 4 is 11.8 Å². The second-order valence-corrected chi connectivity index (χ2v) is 5.01. The smallest absolute Gasteiger partial charge is 0.360 e. The summed E-state index contributed by atoms with van der Waals surface area (Å²) in [6.45, 7) is 6.09. The van der Waals surface area contributed by atoms with Gasteiger partial charge in [0, 0.05) is 19.6 Å². The van der Waals surface area contributed by atoms with Gasteiger partial charge in [0.15, 0.2) is 5.69 Å². The van der Waals surface area contributed by atoms with E-state index in [9.17, 15) is 4.79 Å². The van der Waals surface area contributed by atoms with Gasteiger partial charge in [-0.05, 0) is 25.7 Å². The molecule has 0 unspecified atom stereocenters. The van der Waals surface area contributed by atoms with Crippen molar-refractivity contribution in [1.29, 1.82) is 0 Å². The van der Waals surface area contributed by atoms with Gasteiger partial charge in [-0.25, -0.2) is 9.78 Å². The first-order valence-electron chi connectivity index (χ1n) is 7.27. The number of nitrogens with two attached hydrogens (primary N) is 1. The van der Waals surface area contributed by atoms with Gasteiger partial charge >= 0.3 is 5.97 Å². The lowest BCUT2D eigenvalue weighted by Gasteiger charge is -2.09. The van der Waals surface area contributed by atoms with Crippen molar-refractivity contribution in [2.45, 2.75) is 39.7 Å². The standard InChI is InChI=1S/C14H23N3O3/c1-3-11-16-12(14(18)20-4-2)13(15)17(11)7-8-19-9-10-5-6-10/h10H,3-9,15H2,1-2H3. The summed E-state index contributed by atoms with van der Waals surface area (Å²) >= 11 is 0. The summed E-state index contributed by atoms with van der Waals surface area (Å²) in [6.07, 6.45) is 3.27. The molecular formula is C14H23N3O3. The number of rotatable bonds is 8. The second kappa shape index (κ2) is 6.74. The van der Waals surface area contributed by atoms with Crippen molar-refractivity contribution < 1.29 is 14.3 Å². The van der Waals surface area contributed by atoms with E-state index in [4.69, 9.17) is 15.2 Å². The number of hydrogen-bond donors (Lipinski definition) is 1. The third-order valence-electron chi connectivity index (χ3n) is 3.38. The molecule has 6 heteroatoms. The van der Waals surface area contributed by atoms with Crippen molar-refractivity contribution in [3.8, 4) is 0 Å². The average molecular weight is 281 g/mol. The van der Waals surface area contributed by atoms with Crippen molar-refractivity contribution in [3.05, 3.63) is 11.5 Å². The summed E-state index contributed by atoms with van der Waals surface area (Å²) in [5.41, 5.74) is 6.22. The van der Waals surface area contributed by atoms with Crippen LogP contribution in [-0.4, -0.2) is 35.3 Å². The Morgan fingerprint density at radius 3 is 2.80 bits per heavy atom. The van der Waals surface area contributed by atoms with Gasteiger partial charge in [-0.1, -0.05) is 6.92 Å². The van der Waals surface area contributed by atoms with E-state index >= 15 is 0 Å². The number of aromatic nitrogens is 2. The molecule has 1 saturated carbocycles. The quantitative estimate of drug-likeness (QED) is 0.578. The summed E-state index contributed by atoms with van der Waals surface area (Å²) < 4.78 is 12.4. The summed E-state index contributed by atoms with van der Waals surface area (Å²) in [5, 5.41) is 0. The van der Waals surface area contributed by atoms with E-state index in [0.29, 0.717) is 32.0 Å². The molecule has 0 radical (unpaired) electrons. The fourth-order valence-electron chi connectivity index (χ4n) is 2.07. The number of nitrogen functional groups attached to an aromatic ring is 1. The molecule has 1 heterocycles. The predicted octanol–water partition coefficient (Wildman–Crippen LogP) is 1.63. The van der Waals surface area contributed by atoms with Crippen LogP contribution < -0.4 is 5.73 Å². The van der Waals surface area contributed by atoms with Crippen LogP contribution in [0.4, 0.5) is 5.82 Å². The maximum atomic E-state index is 11.8. The topological polar surface area (TPSA) is 79.4 Å². The van der Waals surface area contributed by atoms with Gasteiger partial charge in [-0.15, -0.1) is 0 Å². The minimum Gasteiger partial charge on any atom is -0.461 e. The molecule has 0 atom stereocenters. The second-order valence-electron chi connectivity index (χ2n) is 5.01. The zero-order valence-electron chi connectivity index (χ0n) is 12.2. The molecule has 1 aliphatic rings. The van der Waals surface area contributed by atoms with E-state index in [0.717, 1.165) is 18.3 Å². The number of anilines is 1. The molecule has 1 aromatic rings. The lowest BCUT2D eigenvalue weighted by molar-refractivity contribution is 0.0521. The van der Waals surface area contributed by atoms with E-state index in [1.54, 1.807) is 6.92 Å². The highest BCUT2D eigenvalue weighted by Gasteiger charge is 2.22. The average Bonchev–Trinajstić information content (AvgIpc) is 3.20. The van der Waals surface area contributed by atoms with Crippen LogP contribution in [0.25, 0.3) is 0 Å². The number of carbonyl (C=O) groups excluding carboxylic acids is 1. The fraction of sp³-hybridized carbons (Fsp3) is 0.714. The molecule has 2 N–H and O–H groups in total. The Hall–Kier alpha value is -1.56. The fourth-order valence-corrected chi connectivity index (χ4v) is 2.07. The number of nitrogens with zero attached hydrogens (tertiary/aromatic N) is 2. The molecule has 0 amide bonds. The minimum atomic E-state index is -0.461. The highest BCUT2D eigenvalue weighted by Crippen LogP contribution is 2.28. The largest absolute Gasteiger partial charge is 0.461 e. The van der Waals surface area contributed by atoms with Crippen molar-refractivity contribution in [2.24, 2.45) is 5.92 Å².